The number of carbonyl (C=O) groups is 2. The first-order valence-electron chi connectivity index (χ1n) is 4.92. The van der Waals surface area contributed by atoms with E-state index in [9.17, 15) is 9.59 Å². The molecule has 0 saturated heterocycles. The highest BCUT2D eigenvalue weighted by molar-refractivity contribution is 6.03. The summed E-state index contributed by atoms with van der Waals surface area (Å²) in [7, 11) is 3.25. The number of hydrogen-bond acceptors (Lipinski definition) is 3. The molecule has 0 saturated carbocycles. The van der Waals surface area contributed by atoms with E-state index in [1.165, 1.54) is 18.7 Å². The lowest BCUT2D eigenvalue weighted by atomic mass is 10.3. The fraction of sp³-hybridized carbons (Fsp3) is 0.556. The number of hydrogen-bond donors (Lipinski definition) is 4. The second kappa shape index (κ2) is 6.46. The molecule has 1 unspecified atom stereocenters. The quantitative estimate of drug-likeness (QED) is 0.345. The van der Waals surface area contributed by atoms with Gasteiger partial charge in [-0.2, -0.15) is 4.99 Å². The minimum atomic E-state index is -0.713. The third kappa shape index (κ3) is 6.13. The van der Waals surface area contributed by atoms with Crippen molar-refractivity contribution in [1.82, 2.24) is 15.5 Å². The molecule has 0 aromatic carbocycles. The largest absolute Gasteiger partial charge is 0.369 e. The molecule has 5 N–H and O–H groups in total. The van der Waals surface area contributed by atoms with Crippen LogP contribution in [0.4, 0.5) is 0 Å². The molecule has 0 spiro atoms. The van der Waals surface area contributed by atoms with Gasteiger partial charge in [0.05, 0.1) is 0 Å². The Hall–Kier alpha value is -2.12. The molecule has 0 aliphatic heterocycles. The summed E-state index contributed by atoms with van der Waals surface area (Å²) < 4.78 is 0. The van der Waals surface area contributed by atoms with Crippen molar-refractivity contribution in [1.29, 1.82) is 5.41 Å². The van der Waals surface area contributed by atoms with Gasteiger partial charge in [0.25, 0.3) is 0 Å². The van der Waals surface area contributed by atoms with E-state index in [1.807, 2.05) is 0 Å². The van der Waals surface area contributed by atoms with Crippen LogP contribution in [-0.2, 0) is 9.59 Å². The van der Waals surface area contributed by atoms with Crippen LogP contribution in [0.2, 0.25) is 0 Å². The van der Waals surface area contributed by atoms with E-state index in [4.69, 9.17) is 11.1 Å². The number of nitrogens with two attached hydrogens (primary N) is 1. The summed E-state index contributed by atoms with van der Waals surface area (Å²) in [5.41, 5.74) is 5.42. The second-order valence-electron chi connectivity index (χ2n) is 3.63. The number of rotatable bonds is 2. The van der Waals surface area contributed by atoms with E-state index in [1.54, 1.807) is 14.1 Å². The van der Waals surface area contributed by atoms with Crippen molar-refractivity contribution in [2.24, 2.45) is 10.7 Å². The SMILES string of the molecule is CC(=O)NC(C)C(=O)N/C(N)=N/C(=N)N(C)C. The summed E-state index contributed by atoms with van der Waals surface area (Å²) in [6, 6.07) is -0.713. The highest BCUT2D eigenvalue weighted by atomic mass is 16.2. The molecule has 0 fully saturated rings. The summed E-state index contributed by atoms with van der Waals surface area (Å²) >= 11 is 0. The summed E-state index contributed by atoms with van der Waals surface area (Å²) in [5.74, 6) is -1.09. The first kappa shape index (κ1) is 14.9. The summed E-state index contributed by atoms with van der Waals surface area (Å²) in [6.07, 6.45) is 0. The van der Waals surface area contributed by atoms with Gasteiger partial charge in [-0.3, -0.25) is 20.3 Å². The van der Waals surface area contributed by atoms with Crippen LogP contribution in [0.3, 0.4) is 0 Å². The van der Waals surface area contributed by atoms with Crippen LogP contribution in [-0.4, -0.2) is 48.8 Å². The van der Waals surface area contributed by atoms with Crippen molar-refractivity contribution >= 4 is 23.7 Å². The van der Waals surface area contributed by atoms with Crippen LogP contribution < -0.4 is 16.4 Å². The molecule has 0 aliphatic carbocycles. The molecule has 0 bridgehead atoms. The standard InChI is InChI=1S/C9H18N6O2/c1-5(12-6(2)16)7(17)13-8(10)14-9(11)15(3)4/h5H,1-4H3,(H,12,16)(H4,10,11,13,14,17). The number of nitrogens with one attached hydrogen (secondary N) is 3. The first-order valence-corrected chi connectivity index (χ1v) is 4.92. The smallest absolute Gasteiger partial charge is 0.248 e. The summed E-state index contributed by atoms with van der Waals surface area (Å²) in [5, 5.41) is 12.1. The molecule has 2 amide bonds. The van der Waals surface area contributed by atoms with Gasteiger partial charge >= 0.3 is 0 Å². The summed E-state index contributed by atoms with van der Waals surface area (Å²) in [4.78, 5) is 27.3. The molecule has 8 heteroatoms. The van der Waals surface area contributed by atoms with Gasteiger partial charge in [0, 0.05) is 21.0 Å². The van der Waals surface area contributed by atoms with Gasteiger partial charge in [0.2, 0.25) is 23.7 Å². The maximum Gasteiger partial charge on any atom is 0.248 e. The Morgan fingerprint density at radius 2 is 1.94 bits per heavy atom. The lowest BCUT2D eigenvalue weighted by molar-refractivity contribution is -0.126. The van der Waals surface area contributed by atoms with Gasteiger partial charge in [0.1, 0.15) is 6.04 Å². The van der Waals surface area contributed by atoms with Gasteiger partial charge in [-0.05, 0) is 6.92 Å². The molecule has 8 nitrogen and oxygen atoms in total. The first-order chi connectivity index (χ1) is 7.73. The van der Waals surface area contributed by atoms with Crippen LogP contribution in [0.15, 0.2) is 4.99 Å². The number of aliphatic imine (C=N–C) groups is 1. The van der Waals surface area contributed by atoms with Crippen molar-refractivity contribution in [2.45, 2.75) is 19.9 Å². The van der Waals surface area contributed by atoms with Crippen LogP contribution in [0, 0.1) is 5.41 Å². The predicted molar refractivity (Wildman–Crippen MR) is 64.5 cm³/mol. The van der Waals surface area contributed by atoms with Crippen LogP contribution in [0.1, 0.15) is 13.8 Å². The summed E-state index contributed by atoms with van der Waals surface area (Å²) in [6.45, 7) is 2.82. The third-order valence-corrected chi connectivity index (χ3v) is 1.71. The molecular formula is C9H18N6O2. The number of nitrogens with zero attached hydrogens (tertiary/aromatic N) is 2. The number of carbonyl (C=O) groups excluding carboxylic acids is 2. The van der Waals surface area contributed by atoms with Gasteiger partial charge < -0.3 is 16.0 Å². The fourth-order valence-corrected chi connectivity index (χ4v) is 0.847. The lowest BCUT2D eigenvalue weighted by Crippen LogP contribution is -2.48. The Kier molecular flexibility index (Phi) is 5.65. The van der Waals surface area contributed by atoms with Crippen molar-refractivity contribution in [3.05, 3.63) is 0 Å². The van der Waals surface area contributed by atoms with Gasteiger partial charge in [-0.1, -0.05) is 0 Å². The topological polar surface area (TPSA) is 124 Å². The molecule has 0 heterocycles. The van der Waals surface area contributed by atoms with Crippen molar-refractivity contribution in [3.63, 3.8) is 0 Å². The number of amides is 2. The maximum absolute atomic E-state index is 11.5. The van der Waals surface area contributed by atoms with Crippen molar-refractivity contribution < 1.29 is 9.59 Å². The molecule has 17 heavy (non-hydrogen) atoms. The number of guanidine groups is 2. The Labute approximate surface area is 99.8 Å². The van der Waals surface area contributed by atoms with Gasteiger partial charge in [-0.15, -0.1) is 0 Å². The average Bonchev–Trinajstić information content (AvgIpc) is 2.15. The Morgan fingerprint density at radius 1 is 1.41 bits per heavy atom. The zero-order valence-electron chi connectivity index (χ0n) is 10.4. The minimum absolute atomic E-state index is 0.0880. The molecule has 0 aliphatic rings. The average molecular weight is 242 g/mol. The second-order valence-corrected chi connectivity index (χ2v) is 3.63. The van der Waals surface area contributed by atoms with Crippen LogP contribution in [0.5, 0.6) is 0 Å². The van der Waals surface area contributed by atoms with Gasteiger partial charge in [0.15, 0.2) is 0 Å². The minimum Gasteiger partial charge on any atom is -0.369 e. The zero-order valence-corrected chi connectivity index (χ0v) is 10.4. The third-order valence-electron chi connectivity index (χ3n) is 1.71. The zero-order chi connectivity index (χ0) is 13.6. The Bertz CT molecular complexity index is 349. The van der Waals surface area contributed by atoms with Crippen molar-refractivity contribution in [3.8, 4) is 0 Å². The van der Waals surface area contributed by atoms with E-state index in [-0.39, 0.29) is 17.8 Å². The van der Waals surface area contributed by atoms with Crippen LogP contribution in [0.25, 0.3) is 0 Å². The van der Waals surface area contributed by atoms with E-state index in [0.29, 0.717) is 0 Å². The highest BCUT2D eigenvalue weighted by Crippen LogP contribution is 1.84. The van der Waals surface area contributed by atoms with Crippen LogP contribution >= 0.6 is 0 Å². The predicted octanol–water partition coefficient (Wildman–Crippen LogP) is -1.56. The highest BCUT2D eigenvalue weighted by Gasteiger charge is 2.14. The maximum atomic E-state index is 11.5. The normalized spacial score (nSPS) is 12.6. The molecule has 1 atom stereocenters. The Morgan fingerprint density at radius 3 is 2.35 bits per heavy atom. The van der Waals surface area contributed by atoms with E-state index in [2.05, 4.69) is 15.6 Å². The van der Waals surface area contributed by atoms with E-state index in [0.717, 1.165) is 0 Å². The molecule has 0 rings (SSSR count). The molecular weight excluding hydrogens is 224 g/mol. The van der Waals surface area contributed by atoms with Gasteiger partial charge in [-0.25, -0.2) is 0 Å². The molecule has 0 aromatic heterocycles. The monoisotopic (exact) mass is 242 g/mol. The van der Waals surface area contributed by atoms with E-state index >= 15 is 0 Å². The van der Waals surface area contributed by atoms with Crippen molar-refractivity contribution in [2.75, 3.05) is 14.1 Å². The van der Waals surface area contributed by atoms with E-state index < -0.39 is 11.9 Å². The fourth-order valence-electron chi connectivity index (χ4n) is 0.847. The lowest BCUT2D eigenvalue weighted by Gasteiger charge is -2.13. The molecule has 96 valence electrons. The Balaban J connectivity index is 4.38. The molecule has 0 radical (unpaired) electrons. The molecule has 0 aromatic rings.